The molecule has 3 heteroatoms. The predicted octanol–water partition coefficient (Wildman–Crippen LogP) is 5.05. The number of hydrogen-bond donors (Lipinski definition) is 1. The van der Waals surface area contributed by atoms with Crippen LogP contribution in [-0.2, 0) is 0 Å². The lowest BCUT2D eigenvalue weighted by molar-refractivity contribution is 0.374. The van der Waals surface area contributed by atoms with Crippen LogP contribution in [0.15, 0.2) is 27.1 Å². The van der Waals surface area contributed by atoms with Gasteiger partial charge in [0.1, 0.15) is 0 Å². The highest BCUT2D eigenvalue weighted by Gasteiger charge is 2.25. The molecule has 0 bridgehead atoms. The van der Waals surface area contributed by atoms with E-state index in [9.17, 15) is 0 Å². The summed E-state index contributed by atoms with van der Waals surface area (Å²) in [5.74, 6) is 0.802. The van der Waals surface area contributed by atoms with E-state index in [1.54, 1.807) is 0 Å². The molecule has 0 aromatic heterocycles. The maximum Gasteiger partial charge on any atom is 0.0349 e. The van der Waals surface area contributed by atoms with Gasteiger partial charge in [-0.05, 0) is 49.1 Å². The van der Waals surface area contributed by atoms with Crippen LogP contribution < -0.4 is 5.32 Å². The molecule has 0 spiro atoms. The standard InChI is InChI=1S/C14H19Br2N/c1-2-17-14(10-5-3-4-6-10)11-7-12(15)9-13(16)8-11/h7-10,14,17H,2-6H2,1H3. The monoisotopic (exact) mass is 359 g/mol. The molecule has 94 valence electrons. The molecule has 1 aromatic carbocycles. The van der Waals surface area contributed by atoms with Gasteiger partial charge in [-0.25, -0.2) is 0 Å². The third-order valence-electron chi connectivity index (χ3n) is 3.54. The molecule has 1 N–H and O–H groups in total. The Morgan fingerprint density at radius 3 is 2.29 bits per heavy atom. The van der Waals surface area contributed by atoms with E-state index in [1.165, 1.54) is 31.2 Å². The van der Waals surface area contributed by atoms with Crippen LogP contribution in [0.4, 0.5) is 0 Å². The third-order valence-corrected chi connectivity index (χ3v) is 4.45. The summed E-state index contributed by atoms with van der Waals surface area (Å²) in [5, 5.41) is 3.65. The molecule has 1 atom stereocenters. The SMILES string of the molecule is CCNC(c1cc(Br)cc(Br)c1)C1CCCC1. The van der Waals surface area contributed by atoms with E-state index in [0.29, 0.717) is 6.04 Å². The Hall–Kier alpha value is 0.140. The number of halogens is 2. The summed E-state index contributed by atoms with van der Waals surface area (Å²) in [7, 11) is 0. The highest BCUT2D eigenvalue weighted by atomic mass is 79.9. The zero-order chi connectivity index (χ0) is 12.3. The molecule has 1 nitrogen and oxygen atoms in total. The van der Waals surface area contributed by atoms with Crippen LogP contribution in [0.3, 0.4) is 0 Å². The summed E-state index contributed by atoms with van der Waals surface area (Å²) in [6, 6.07) is 7.10. The fourth-order valence-corrected chi connectivity index (χ4v) is 4.15. The van der Waals surface area contributed by atoms with Crippen LogP contribution in [0, 0.1) is 5.92 Å². The molecule has 1 aliphatic rings. The molecule has 1 aromatic rings. The van der Waals surface area contributed by atoms with Gasteiger partial charge in [-0.3, -0.25) is 0 Å². The van der Waals surface area contributed by atoms with Crippen molar-refractivity contribution in [2.24, 2.45) is 5.92 Å². The lowest BCUT2D eigenvalue weighted by Gasteiger charge is -2.25. The number of hydrogen-bond acceptors (Lipinski definition) is 1. The molecule has 0 amide bonds. The van der Waals surface area contributed by atoms with Gasteiger partial charge in [0, 0.05) is 15.0 Å². The number of benzene rings is 1. The topological polar surface area (TPSA) is 12.0 Å². The average Bonchev–Trinajstić information content (AvgIpc) is 2.77. The van der Waals surface area contributed by atoms with Crippen molar-refractivity contribution in [2.75, 3.05) is 6.54 Å². The minimum atomic E-state index is 0.510. The van der Waals surface area contributed by atoms with Crippen molar-refractivity contribution in [2.45, 2.75) is 38.6 Å². The molecule has 0 saturated heterocycles. The number of rotatable bonds is 4. The largest absolute Gasteiger partial charge is 0.310 e. The van der Waals surface area contributed by atoms with Crippen molar-refractivity contribution >= 4 is 31.9 Å². The van der Waals surface area contributed by atoms with Crippen LogP contribution in [0.1, 0.15) is 44.2 Å². The van der Waals surface area contributed by atoms with E-state index in [2.05, 4.69) is 62.3 Å². The Kier molecular flexibility index (Phi) is 5.07. The maximum atomic E-state index is 3.65. The zero-order valence-electron chi connectivity index (χ0n) is 10.2. The zero-order valence-corrected chi connectivity index (χ0v) is 13.4. The van der Waals surface area contributed by atoms with Crippen LogP contribution in [0.2, 0.25) is 0 Å². The Balaban J connectivity index is 2.24. The molecule has 1 unspecified atom stereocenters. The molecule has 0 heterocycles. The van der Waals surface area contributed by atoms with Gasteiger partial charge >= 0.3 is 0 Å². The van der Waals surface area contributed by atoms with Crippen molar-refractivity contribution in [3.05, 3.63) is 32.7 Å². The van der Waals surface area contributed by atoms with Gasteiger partial charge in [-0.15, -0.1) is 0 Å². The van der Waals surface area contributed by atoms with Crippen molar-refractivity contribution in [1.82, 2.24) is 5.32 Å². The average molecular weight is 361 g/mol. The minimum Gasteiger partial charge on any atom is -0.310 e. The quantitative estimate of drug-likeness (QED) is 0.791. The highest BCUT2D eigenvalue weighted by Crippen LogP contribution is 2.37. The first kappa shape index (κ1) is 13.6. The molecular weight excluding hydrogens is 342 g/mol. The summed E-state index contributed by atoms with van der Waals surface area (Å²) in [6.45, 7) is 3.22. The Morgan fingerprint density at radius 1 is 1.18 bits per heavy atom. The van der Waals surface area contributed by atoms with Crippen molar-refractivity contribution < 1.29 is 0 Å². The van der Waals surface area contributed by atoms with Crippen molar-refractivity contribution in [1.29, 1.82) is 0 Å². The number of nitrogens with one attached hydrogen (secondary N) is 1. The first-order chi connectivity index (χ1) is 8.20. The molecular formula is C14H19Br2N. The van der Waals surface area contributed by atoms with E-state index in [1.807, 2.05) is 0 Å². The van der Waals surface area contributed by atoms with Gasteiger partial charge in [-0.1, -0.05) is 51.6 Å². The molecule has 1 fully saturated rings. The normalized spacial score (nSPS) is 18.5. The predicted molar refractivity (Wildman–Crippen MR) is 80.2 cm³/mol. The van der Waals surface area contributed by atoms with Gasteiger partial charge < -0.3 is 5.32 Å². The molecule has 0 aliphatic heterocycles. The van der Waals surface area contributed by atoms with Gasteiger partial charge in [0.05, 0.1) is 0 Å². The summed E-state index contributed by atoms with van der Waals surface area (Å²) < 4.78 is 2.31. The minimum absolute atomic E-state index is 0.510. The van der Waals surface area contributed by atoms with E-state index in [-0.39, 0.29) is 0 Å². The smallest absolute Gasteiger partial charge is 0.0349 e. The second kappa shape index (κ2) is 6.35. The lowest BCUT2D eigenvalue weighted by atomic mass is 9.91. The first-order valence-corrected chi connectivity index (χ1v) is 7.98. The molecule has 1 saturated carbocycles. The Labute approximate surface area is 121 Å². The second-order valence-electron chi connectivity index (χ2n) is 4.78. The van der Waals surface area contributed by atoms with E-state index in [4.69, 9.17) is 0 Å². The van der Waals surface area contributed by atoms with Gasteiger partial charge in [-0.2, -0.15) is 0 Å². The van der Waals surface area contributed by atoms with E-state index in [0.717, 1.165) is 21.4 Å². The van der Waals surface area contributed by atoms with Gasteiger partial charge in [0.15, 0.2) is 0 Å². The fraction of sp³-hybridized carbons (Fsp3) is 0.571. The van der Waals surface area contributed by atoms with Crippen molar-refractivity contribution in [3.63, 3.8) is 0 Å². The summed E-state index contributed by atoms with van der Waals surface area (Å²) in [6.07, 6.45) is 5.51. The van der Waals surface area contributed by atoms with Crippen LogP contribution in [0.5, 0.6) is 0 Å². The Bertz CT molecular complexity index is 352. The lowest BCUT2D eigenvalue weighted by Crippen LogP contribution is -2.26. The Morgan fingerprint density at radius 2 is 1.76 bits per heavy atom. The molecule has 1 aliphatic carbocycles. The van der Waals surface area contributed by atoms with Crippen LogP contribution in [0.25, 0.3) is 0 Å². The summed E-state index contributed by atoms with van der Waals surface area (Å²) >= 11 is 7.17. The summed E-state index contributed by atoms with van der Waals surface area (Å²) in [5.41, 5.74) is 1.40. The first-order valence-electron chi connectivity index (χ1n) is 6.40. The van der Waals surface area contributed by atoms with E-state index >= 15 is 0 Å². The third kappa shape index (κ3) is 3.55. The van der Waals surface area contributed by atoms with Gasteiger partial charge in [0.25, 0.3) is 0 Å². The van der Waals surface area contributed by atoms with Gasteiger partial charge in [0.2, 0.25) is 0 Å². The molecule has 17 heavy (non-hydrogen) atoms. The summed E-state index contributed by atoms with van der Waals surface area (Å²) in [4.78, 5) is 0. The fourth-order valence-electron chi connectivity index (χ4n) is 2.82. The maximum absolute atomic E-state index is 3.65. The van der Waals surface area contributed by atoms with Crippen LogP contribution in [-0.4, -0.2) is 6.54 Å². The van der Waals surface area contributed by atoms with Crippen LogP contribution >= 0.6 is 31.9 Å². The van der Waals surface area contributed by atoms with Crippen molar-refractivity contribution in [3.8, 4) is 0 Å². The highest BCUT2D eigenvalue weighted by molar-refractivity contribution is 9.11. The second-order valence-corrected chi connectivity index (χ2v) is 6.61. The van der Waals surface area contributed by atoms with E-state index < -0.39 is 0 Å². The molecule has 0 radical (unpaired) electrons. The molecule has 2 rings (SSSR count).